The zero-order chi connectivity index (χ0) is 17.5. The average Bonchev–Trinajstić information content (AvgIpc) is 3.00. The van der Waals surface area contributed by atoms with E-state index in [9.17, 15) is 4.79 Å². The van der Waals surface area contributed by atoms with Crippen LogP contribution in [0.4, 0.5) is 10.5 Å². The molecule has 0 bridgehead atoms. The van der Waals surface area contributed by atoms with Gasteiger partial charge in [0, 0.05) is 25.4 Å². The molecular formula is C17H26N4O3. The highest BCUT2D eigenvalue weighted by Gasteiger charge is 2.24. The third-order valence-corrected chi connectivity index (χ3v) is 3.85. The van der Waals surface area contributed by atoms with Crippen LogP contribution in [0.1, 0.15) is 25.0 Å². The topological polar surface area (TPSA) is 75.2 Å². The Labute approximate surface area is 143 Å². The van der Waals surface area contributed by atoms with E-state index < -0.39 is 0 Å². The number of nitrogens with zero attached hydrogens (tertiary/aromatic N) is 2. The van der Waals surface area contributed by atoms with Crippen LogP contribution in [0.5, 0.6) is 0 Å². The number of carbonyl (C=O) groups is 1. The van der Waals surface area contributed by atoms with Gasteiger partial charge in [0.2, 0.25) is 0 Å². The highest BCUT2D eigenvalue weighted by Crippen LogP contribution is 2.18. The summed E-state index contributed by atoms with van der Waals surface area (Å²) in [4.78, 5) is 17.9. The van der Waals surface area contributed by atoms with Gasteiger partial charge in [-0.3, -0.25) is 0 Å². The van der Waals surface area contributed by atoms with Gasteiger partial charge in [-0.1, -0.05) is 12.1 Å². The lowest BCUT2D eigenvalue weighted by molar-refractivity contribution is 0.134. The molecule has 1 aromatic carbocycles. The molecule has 0 radical (unpaired) electrons. The third-order valence-electron chi connectivity index (χ3n) is 3.85. The summed E-state index contributed by atoms with van der Waals surface area (Å²) in [7, 11) is 1.56. The van der Waals surface area contributed by atoms with Crippen molar-refractivity contribution in [3.8, 4) is 0 Å². The molecule has 132 valence electrons. The highest BCUT2D eigenvalue weighted by atomic mass is 16.5. The smallest absolute Gasteiger partial charge is 0.319 e. The fourth-order valence-electron chi connectivity index (χ4n) is 2.45. The highest BCUT2D eigenvalue weighted by molar-refractivity contribution is 5.90. The van der Waals surface area contributed by atoms with Crippen LogP contribution < -0.4 is 10.6 Å². The molecule has 2 rings (SSSR count). The van der Waals surface area contributed by atoms with Crippen molar-refractivity contribution in [1.82, 2.24) is 10.2 Å². The van der Waals surface area contributed by atoms with Gasteiger partial charge in [0.15, 0.2) is 0 Å². The Kier molecular flexibility index (Phi) is 6.43. The van der Waals surface area contributed by atoms with Crippen LogP contribution in [-0.2, 0) is 16.1 Å². The van der Waals surface area contributed by atoms with Gasteiger partial charge in [0.25, 0.3) is 6.02 Å². The molecule has 7 heteroatoms. The number of aryl methyl sites for hydroxylation is 1. The number of benzene rings is 1. The van der Waals surface area contributed by atoms with E-state index in [-0.39, 0.29) is 12.2 Å². The van der Waals surface area contributed by atoms with Gasteiger partial charge < -0.3 is 25.0 Å². The Hall–Kier alpha value is -2.28. The van der Waals surface area contributed by atoms with Gasteiger partial charge in [-0.15, -0.1) is 0 Å². The van der Waals surface area contributed by atoms with Crippen molar-refractivity contribution in [2.45, 2.75) is 33.5 Å². The number of aliphatic imine (C=N–C) groups is 1. The number of carbonyl (C=O) groups excluding carboxylic acids is 1. The van der Waals surface area contributed by atoms with E-state index >= 15 is 0 Å². The van der Waals surface area contributed by atoms with Crippen LogP contribution in [0, 0.1) is 6.92 Å². The van der Waals surface area contributed by atoms with Gasteiger partial charge in [0.1, 0.15) is 6.17 Å². The van der Waals surface area contributed by atoms with Crippen LogP contribution in [0.15, 0.2) is 23.2 Å². The Morgan fingerprint density at radius 2 is 2.29 bits per heavy atom. The van der Waals surface area contributed by atoms with Gasteiger partial charge in [-0.2, -0.15) is 0 Å². The number of amides is 2. The number of rotatable bonds is 6. The third kappa shape index (κ3) is 4.61. The average molecular weight is 334 g/mol. The Morgan fingerprint density at radius 1 is 1.50 bits per heavy atom. The minimum atomic E-state index is -0.304. The summed E-state index contributed by atoms with van der Waals surface area (Å²) < 4.78 is 10.8. The van der Waals surface area contributed by atoms with Crippen molar-refractivity contribution in [2.24, 2.45) is 4.99 Å². The van der Waals surface area contributed by atoms with E-state index in [0.29, 0.717) is 32.3 Å². The van der Waals surface area contributed by atoms with Crippen LogP contribution >= 0.6 is 0 Å². The largest absolute Gasteiger partial charge is 0.468 e. The van der Waals surface area contributed by atoms with Crippen LogP contribution in [0.2, 0.25) is 0 Å². The van der Waals surface area contributed by atoms with E-state index in [4.69, 9.17) is 9.47 Å². The molecule has 2 amide bonds. The zero-order valence-corrected chi connectivity index (χ0v) is 14.8. The summed E-state index contributed by atoms with van der Waals surface area (Å²) in [6, 6.07) is 6.36. The fraction of sp³-hybridized carbons (Fsp3) is 0.529. The molecule has 24 heavy (non-hydrogen) atoms. The second kappa shape index (κ2) is 8.54. The maximum absolute atomic E-state index is 11.7. The summed E-state index contributed by atoms with van der Waals surface area (Å²) in [5.41, 5.74) is 3.06. The fourth-order valence-corrected chi connectivity index (χ4v) is 2.45. The zero-order valence-electron chi connectivity index (χ0n) is 14.8. The van der Waals surface area contributed by atoms with Crippen LogP contribution in [-0.4, -0.2) is 49.9 Å². The monoisotopic (exact) mass is 334 g/mol. The van der Waals surface area contributed by atoms with Gasteiger partial charge in [0.05, 0.1) is 13.7 Å². The van der Waals surface area contributed by atoms with E-state index in [2.05, 4.69) is 15.6 Å². The maximum atomic E-state index is 11.7. The lowest BCUT2D eigenvalue weighted by atomic mass is 10.1. The van der Waals surface area contributed by atoms with Crippen LogP contribution in [0.3, 0.4) is 0 Å². The first-order chi connectivity index (χ1) is 11.5. The van der Waals surface area contributed by atoms with Crippen molar-refractivity contribution in [3.63, 3.8) is 0 Å². The molecule has 2 N–H and O–H groups in total. The summed E-state index contributed by atoms with van der Waals surface area (Å²) in [6.07, 6.45) is -0.304. The molecule has 0 spiro atoms. The standard InChI is InChI=1S/C17H26N4O3/c1-5-24-11-14-7-6-12(2)15(10-14)20-16(23-4)19-13(3)21-9-8-18-17(21)22/h6-7,10,13H,5,8-9,11H2,1-4H3,(H,18,22)(H,19,20). The van der Waals surface area contributed by atoms with Crippen molar-refractivity contribution >= 4 is 17.7 Å². The lowest BCUT2D eigenvalue weighted by Gasteiger charge is -2.20. The van der Waals surface area contributed by atoms with E-state index in [0.717, 1.165) is 16.8 Å². The summed E-state index contributed by atoms with van der Waals surface area (Å²) in [5, 5.41) is 5.97. The second-order valence-corrected chi connectivity index (χ2v) is 5.61. The number of urea groups is 1. The molecule has 7 nitrogen and oxygen atoms in total. The van der Waals surface area contributed by atoms with Gasteiger partial charge >= 0.3 is 6.03 Å². The molecule has 1 unspecified atom stereocenters. The first-order valence-corrected chi connectivity index (χ1v) is 8.15. The van der Waals surface area contributed by atoms with Gasteiger partial charge in [-0.05, 0) is 38.0 Å². The number of methoxy groups -OCH3 is 1. The van der Waals surface area contributed by atoms with Crippen molar-refractivity contribution in [2.75, 3.05) is 32.1 Å². The molecule has 0 saturated carbocycles. The summed E-state index contributed by atoms with van der Waals surface area (Å²) in [6.45, 7) is 8.38. The van der Waals surface area contributed by atoms with Crippen molar-refractivity contribution < 1.29 is 14.3 Å². The van der Waals surface area contributed by atoms with Crippen molar-refractivity contribution in [3.05, 3.63) is 29.3 Å². The Bertz CT molecular complexity index is 603. The molecular weight excluding hydrogens is 308 g/mol. The molecule has 1 aliphatic rings. The number of nitrogens with one attached hydrogen (secondary N) is 2. The molecule has 1 fully saturated rings. The predicted octanol–water partition coefficient (Wildman–Crippen LogP) is 2.32. The number of hydrogen-bond donors (Lipinski definition) is 2. The van der Waals surface area contributed by atoms with Gasteiger partial charge in [-0.25, -0.2) is 9.79 Å². The number of amidine groups is 1. The number of anilines is 1. The molecule has 0 aromatic heterocycles. The minimum Gasteiger partial charge on any atom is -0.468 e. The number of ether oxygens (including phenoxy) is 2. The minimum absolute atomic E-state index is 0.100. The van der Waals surface area contributed by atoms with E-state index in [1.54, 1.807) is 12.0 Å². The summed E-state index contributed by atoms with van der Waals surface area (Å²) in [5.74, 6) is 0. The van der Waals surface area contributed by atoms with Crippen LogP contribution in [0.25, 0.3) is 0 Å². The first kappa shape index (κ1) is 18.1. The molecule has 1 aliphatic heterocycles. The lowest BCUT2D eigenvalue weighted by Crippen LogP contribution is -2.36. The molecule has 1 heterocycles. The van der Waals surface area contributed by atoms with E-state index in [1.807, 2.05) is 39.0 Å². The second-order valence-electron chi connectivity index (χ2n) is 5.61. The summed E-state index contributed by atoms with van der Waals surface area (Å²) >= 11 is 0. The Morgan fingerprint density at radius 3 is 2.92 bits per heavy atom. The SMILES string of the molecule is CCOCc1ccc(C)c(N/C(=N/C(C)N2CCNC2=O)OC)c1. The molecule has 1 aromatic rings. The predicted molar refractivity (Wildman–Crippen MR) is 94.1 cm³/mol. The maximum Gasteiger partial charge on any atom is 0.319 e. The van der Waals surface area contributed by atoms with E-state index in [1.165, 1.54) is 0 Å². The number of hydrogen-bond acceptors (Lipinski definition) is 4. The van der Waals surface area contributed by atoms with Crippen molar-refractivity contribution in [1.29, 1.82) is 0 Å². The Balaban J connectivity index is 2.11. The quantitative estimate of drug-likeness (QED) is 0.618. The molecule has 0 aliphatic carbocycles. The normalized spacial score (nSPS) is 16.1. The molecule has 1 atom stereocenters. The first-order valence-electron chi connectivity index (χ1n) is 8.15. The molecule has 1 saturated heterocycles.